The minimum atomic E-state index is -1.53. The number of benzene rings is 1. The zero-order chi connectivity index (χ0) is 37.7. The second-order valence-electron chi connectivity index (χ2n) is 14.4. The maximum Gasteiger partial charge on any atom is 0.328 e. The lowest BCUT2D eigenvalue weighted by Crippen LogP contribution is -2.62. The van der Waals surface area contributed by atoms with Crippen LogP contribution in [0.4, 0.5) is 8.78 Å². The van der Waals surface area contributed by atoms with E-state index in [1.165, 1.54) is 21.6 Å². The number of ether oxygens (including phenoxy) is 1. The van der Waals surface area contributed by atoms with Crippen molar-refractivity contribution in [3.8, 4) is 0 Å². The lowest BCUT2D eigenvalue weighted by molar-refractivity contribution is -0.158. The number of cyclic esters (lactones) is 1. The van der Waals surface area contributed by atoms with Crippen molar-refractivity contribution in [3.63, 3.8) is 0 Å². The van der Waals surface area contributed by atoms with Crippen molar-refractivity contribution in [1.29, 1.82) is 0 Å². The zero-order valence-corrected chi connectivity index (χ0v) is 29.8. The summed E-state index contributed by atoms with van der Waals surface area (Å²) in [6.07, 6.45) is 2.90. The highest BCUT2D eigenvalue weighted by Gasteiger charge is 2.46. The first-order chi connectivity index (χ1) is 24.8. The smallest absolute Gasteiger partial charge is 0.328 e. The Morgan fingerprint density at radius 2 is 1.56 bits per heavy atom. The van der Waals surface area contributed by atoms with Gasteiger partial charge in [0, 0.05) is 38.5 Å². The quantitative estimate of drug-likeness (QED) is 0.348. The third-order valence-electron chi connectivity index (χ3n) is 10.2. The van der Waals surface area contributed by atoms with E-state index in [2.05, 4.69) is 16.0 Å². The van der Waals surface area contributed by atoms with Crippen LogP contribution in [-0.4, -0.2) is 119 Å². The number of rotatable bonds is 7. The molecule has 0 saturated carbocycles. The summed E-state index contributed by atoms with van der Waals surface area (Å²) < 4.78 is 33.8. The van der Waals surface area contributed by atoms with Crippen LogP contribution in [0.15, 0.2) is 18.2 Å². The van der Waals surface area contributed by atoms with Crippen molar-refractivity contribution in [2.45, 2.75) is 115 Å². The second kappa shape index (κ2) is 16.8. The number of amides is 6. The fourth-order valence-corrected chi connectivity index (χ4v) is 7.66. The molecule has 4 heterocycles. The van der Waals surface area contributed by atoms with E-state index in [4.69, 9.17) is 4.74 Å². The van der Waals surface area contributed by atoms with Gasteiger partial charge in [0.05, 0.1) is 0 Å². The van der Waals surface area contributed by atoms with Gasteiger partial charge in [-0.15, -0.1) is 0 Å². The number of hydrogen-bond donors (Lipinski definition) is 3. The lowest BCUT2D eigenvalue weighted by atomic mass is 9.99. The number of hydrogen-bond acceptors (Lipinski definition) is 8. The highest BCUT2D eigenvalue weighted by atomic mass is 19.1. The number of nitrogens with one attached hydrogen (secondary N) is 3. The summed E-state index contributed by atoms with van der Waals surface area (Å²) in [6, 6.07) is -4.03. The maximum absolute atomic E-state index is 14.3. The van der Waals surface area contributed by atoms with Crippen LogP contribution in [0.5, 0.6) is 0 Å². The Morgan fingerprint density at radius 1 is 0.885 bits per heavy atom. The number of carbonyl (C=O) groups is 7. The summed E-state index contributed by atoms with van der Waals surface area (Å²) in [4.78, 5) is 99.9. The van der Waals surface area contributed by atoms with Crippen LogP contribution in [0.3, 0.4) is 0 Å². The third-order valence-corrected chi connectivity index (χ3v) is 10.2. The summed E-state index contributed by atoms with van der Waals surface area (Å²) >= 11 is 0. The minimum Gasteiger partial charge on any atom is -0.461 e. The van der Waals surface area contributed by atoms with Crippen LogP contribution in [0.2, 0.25) is 0 Å². The molecule has 1 aromatic rings. The van der Waals surface area contributed by atoms with Gasteiger partial charge in [-0.05, 0) is 75.5 Å². The summed E-state index contributed by atoms with van der Waals surface area (Å²) in [7, 11) is 0. The van der Waals surface area contributed by atoms with E-state index in [9.17, 15) is 42.3 Å². The van der Waals surface area contributed by atoms with Gasteiger partial charge in [0.1, 0.15) is 54.5 Å². The Labute approximate surface area is 301 Å². The predicted octanol–water partition coefficient (Wildman–Crippen LogP) is 0.948. The highest BCUT2D eigenvalue weighted by Crippen LogP contribution is 2.28. The van der Waals surface area contributed by atoms with Crippen molar-refractivity contribution >= 4 is 41.4 Å². The highest BCUT2D eigenvalue weighted by molar-refractivity contribution is 5.97. The van der Waals surface area contributed by atoms with Crippen LogP contribution in [0, 0.1) is 17.6 Å². The molecule has 4 fully saturated rings. The van der Waals surface area contributed by atoms with Crippen LogP contribution in [0.1, 0.15) is 77.7 Å². The third kappa shape index (κ3) is 8.87. The molecule has 0 spiro atoms. The number of fused-ring (bicyclic) bond motifs is 3. The fourth-order valence-electron chi connectivity index (χ4n) is 7.66. The number of carbonyl (C=O) groups excluding carboxylic acids is 7. The van der Waals surface area contributed by atoms with Gasteiger partial charge < -0.3 is 35.4 Å². The molecule has 0 unspecified atom stereocenters. The van der Waals surface area contributed by atoms with E-state index in [0.29, 0.717) is 44.6 Å². The van der Waals surface area contributed by atoms with E-state index in [1.54, 1.807) is 6.92 Å². The van der Waals surface area contributed by atoms with Crippen LogP contribution in [-0.2, 0) is 44.7 Å². The second-order valence-corrected chi connectivity index (χ2v) is 14.4. The average Bonchev–Trinajstić information content (AvgIpc) is 3.75. The first-order valence-electron chi connectivity index (χ1n) is 18.2. The topological polar surface area (TPSA) is 175 Å². The molecule has 4 aliphatic heterocycles. The normalized spacial score (nSPS) is 28.0. The molecule has 4 aliphatic rings. The molecular weight excluding hydrogens is 682 g/mol. The molecule has 5 rings (SSSR count). The molecule has 52 heavy (non-hydrogen) atoms. The Kier molecular flexibility index (Phi) is 12.5. The molecule has 0 radical (unpaired) electrons. The van der Waals surface area contributed by atoms with Crippen LogP contribution in [0.25, 0.3) is 0 Å². The Bertz CT molecular complexity index is 1560. The summed E-state index contributed by atoms with van der Waals surface area (Å²) in [5.74, 6) is -6.20. The SMILES string of the molecule is CCCC(=O)N[C@@H](Cc1cc(F)cc(F)c1)C(=O)N[C@H]1COC(=O)[C@@H]2C[C@@H](C)CN2C(=O)[C@H](C)NC(=O)[C@@H]2CCCCN2C(=O)[C@@H]2CCCN2C1=O. The van der Waals surface area contributed by atoms with Gasteiger partial charge in [0.15, 0.2) is 0 Å². The van der Waals surface area contributed by atoms with E-state index >= 15 is 0 Å². The average molecular weight is 731 g/mol. The molecule has 0 aliphatic carbocycles. The number of nitrogens with zero attached hydrogens (tertiary/aromatic N) is 3. The predicted molar refractivity (Wildman–Crippen MR) is 181 cm³/mol. The number of piperidine rings is 1. The molecule has 1 aromatic carbocycles. The molecule has 16 heteroatoms. The molecule has 284 valence electrons. The number of esters is 1. The van der Waals surface area contributed by atoms with E-state index < -0.39 is 95.9 Å². The van der Waals surface area contributed by atoms with E-state index in [-0.39, 0.29) is 50.4 Å². The molecule has 3 N–H and O–H groups in total. The molecular formula is C36H48F2N6O8. The van der Waals surface area contributed by atoms with Gasteiger partial charge in [-0.25, -0.2) is 13.6 Å². The summed E-state index contributed by atoms with van der Waals surface area (Å²) in [5, 5.41) is 7.91. The molecule has 0 bridgehead atoms. The van der Waals surface area contributed by atoms with Crippen molar-refractivity contribution in [1.82, 2.24) is 30.7 Å². The van der Waals surface area contributed by atoms with Gasteiger partial charge in [-0.1, -0.05) is 13.8 Å². The monoisotopic (exact) mass is 730 g/mol. The van der Waals surface area contributed by atoms with Crippen molar-refractivity contribution in [3.05, 3.63) is 35.4 Å². The molecule has 0 aromatic heterocycles. The van der Waals surface area contributed by atoms with E-state index in [0.717, 1.165) is 12.1 Å². The van der Waals surface area contributed by atoms with Crippen LogP contribution < -0.4 is 16.0 Å². The largest absolute Gasteiger partial charge is 0.461 e. The summed E-state index contributed by atoms with van der Waals surface area (Å²) in [6.45, 7) is 5.15. The van der Waals surface area contributed by atoms with Gasteiger partial charge in [0.25, 0.3) is 0 Å². The standard InChI is InChI=1S/C36H48F2N6O8/c1-4-8-30(45)40-25(16-22-14-23(37)17-24(38)15-22)31(46)41-26-19-52-36(51)29-13-20(2)18-44(29)33(48)21(3)39-32(47)27-9-5-6-11-42(27)35(50)28-10-7-12-43(28)34(26)49/h14-15,17,20-21,25-29H,4-13,16,18-19H2,1-3H3,(H,39,47)(H,40,45)(H,41,46)/t20-,21+,25+,26+,27+,28+,29+/m1/s1. The molecule has 7 atom stereocenters. The molecule has 14 nitrogen and oxygen atoms in total. The fraction of sp³-hybridized carbons (Fsp3) is 0.639. The Balaban J connectivity index is 1.48. The van der Waals surface area contributed by atoms with Crippen molar-refractivity contribution < 1.29 is 47.1 Å². The van der Waals surface area contributed by atoms with Gasteiger partial charge in [-0.3, -0.25) is 28.8 Å². The van der Waals surface area contributed by atoms with E-state index in [1.807, 2.05) is 6.92 Å². The van der Waals surface area contributed by atoms with Gasteiger partial charge in [0.2, 0.25) is 35.4 Å². The molecule has 6 amide bonds. The molecule has 4 saturated heterocycles. The zero-order valence-electron chi connectivity index (χ0n) is 29.8. The first kappa shape index (κ1) is 38.6. The summed E-state index contributed by atoms with van der Waals surface area (Å²) in [5.41, 5.74) is 0.0739. The van der Waals surface area contributed by atoms with Gasteiger partial charge in [-0.2, -0.15) is 0 Å². The van der Waals surface area contributed by atoms with Crippen LogP contribution >= 0.6 is 0 Å². The number of halogens is 2. The van der Waals surface area contributed by atoms with Crippen molar-refractivity contribution in [2.24, 2.45) is 5.92 Å². The minimum absolute atomic E-state index is 0.0575. The first-order valence-corrected chi connectivity index (χ1v) is 18.2. The van der Waals surface area contributed by atoms with Gasteiger partial charge >= 0.3 is 5.97 Å². The van der Waals surface area contributed by atoms with Crippen molar-refractivity contribution in [2.75, 3.05) is 26.2 Å². The Hall–Kier alpha value is -4.63. The maximum atomic E-state index is 14.3. The lowest BCUT2D eigenvalue weighted by Gasteiger charge is -2.39. The Morgan fingerprint density at radius 3 is 2.27 bits per heavy atom.